The van der Waals surface area contributed by atoms with E-state index in [0.29, 0.717) is 38.4 Å². The summed E-state index contributed by atoms with van der Waals surface area (Å²) in [4.78, 5) is 43.8. The topological polar surface area (TPSA) is 119 Å². The van der Waals surface area contributed by atoms with E-state index < -0.39 is 11.2 Å². The van der Waals surface area contributed by atoms with E-state index in [1.807, 2.05) is 90.6 Å². The standard InChI is InChI=1S/C24H38N2O5.C16H32N2O3/c1-18(2)26(23(28)30-17-19-10-8-7-9-11-19)21-13-12-20(14-15-29-6)25(16-21)22(27)31-24(3,4)5;1-12(2)17-13-7-8-14(9-10-20-6)18(11-13)15(19)21-16(3,4)5/h7-11,18,20-21H,12-17H2,1-6H3;12-14,17H,7-11H2,1-6H3/t20-,21-;13-,14-/m11/s1. The molecule has 0 aliphatic carbocycles. The average molecular weight is 735 g/mol. The fraction of sp³-hybridized carbons (Fsp3) is 0.775. The number of likely N-dealkylation sites (tertiary alicyclic amines) is 2. The Balaban J connectivity index is 0.000000389. The number of hydrogen-bond acceptors (Lipinski definition) is 9. The van der Waals surface area contributed by atoms with Crippen LogP contribution in [-0.2, 0) is 30.3 Å². The maximum Gasteiger partial charge on any atom is 0.410 e. The van der Waals surface area contributed by atoms with Gasteiger partial charge in [-0.25, -0.2) is 14.4 Å². The van der Waals surface area contributed by atoms with Crippen molar-refractivity contribution >= 4 is 18.3 Å². The molecule has 52 heavy (non-hydrogen) atoms. The quantitative estimate of drug-likeness (QED) is 0.216. The molecule has 3 rings (SSSR count). The van der Waals surface area contributed by atoms with Gasteiger partial charge in [0.05, 0.1) is 6.04 Å². The normalized spacial score (nSPS) is 21.0. The van der Waals surface area contributed by atoms with Gasteiger partial charge >= 0.3 is 18.3 Å². The number of amides is 3. The summed E-state index contributed by atoms with van der Waals surface area (Å²) in [6.45, 7) is 22.1. The largest absolute Gasteiger partial charge is 0.445 e. The van der Waals surface area contributed by atoms with Crippen LogP contribution in [0.25, 0.3) is 0 Å². The van der Waals surface area contributed by atoms with Crippen molar-refractivity contribution in [2.24, 2.45) is 0 Å². The number of rotatable bonds is 12. The molecule has 12 nitrogen and oxygen atoms in total. The highest BCUT2D eigenvalue weighted by atomic mass is 16.6. The van der Waals surface area contributed by atoms with Crippen molar-refractivity contribution in [3.05, 3.63) is 35.9 Å². The molecule has 2 aliphatic heterocycles. The maximum atomic E-state index is 13.0. The highest BCUT2D eigenvalue weighted by Crippen LogP contribution is 2.28. The van der Waals surface area contributed by atoms with E-state index in [4.69, 9.17) is 23.7 Å². The van der Waals surface area contributed by atoms with E-state index in [0.717, 1.165) is 44.1 Å². The number of hydrogen-bond donors (Lipinski definition) is 1. The van der Waals surface area contributed by atoms with Crippen molar-refractivity contribution in [1.82, 2.24) is 20.0 Å². The molecule has 2 aliphatic rings. The number of methoxy groups -OCH3 is 2. The Morgan fingerprint density at radius 1 is 0.769 bits per heavy atom. The molecule has 1 N–H and O–H groups in total. The van der Waals surface area contributed by atoms with Crippen LogP contribution in [-0.4, -0.2) is 121 Å². The lowest BCUT2D eigenvalue weighted by Gasteiger charge is -2.44. The Kier molecular flexibility index (Phi) is 18.7. The second kappa shape index (κ2) is 21.6. The van der Waals surface area contributed by atoms with E-state index in [-0.39, 0.29) is 49.1 Å². The first kappa shape index (κ1) is 45.1. The summed E-state index contributed by atoms with van der Waals surface area (Å²) in [5, 5.41) is 3.53. The van der Waals surface area contributed by atoms with E-state index in [9.17, 15) is 14.4 Å². The Morgan fingerprint density at radius 3 is 1.73 bits per heavy atom. The molecule has 1 aromatic carbocycles. The highest BCUT2D eigenvalue weighted by molar-refractivity contribution is 5.71. The summed E-state index contributed by atoms with van der Waals surface area (Å²) in [5.41, 5.74) is -0.0954. The zero-order chi connectivity index (χ0) is 39.1. The summed E-state index contributed by atoms with van der Waals surface area (Å²) in [5.74, 6) is 0. The number of nitrogens with zero attached hydrogens (tertiary/aromatic N) is 3. The fourth-order valence-corrected chi connectivity index (χ4v) is 6.64. The van der Waals surface area contributed by atoms with Gasteiger partial charge in [-0.1, -0.05) is 44.2 Å². The molecule has 2 fully saturated rings. The average Bonchev–Trinajstić information content (AvgIpc) is 3.05. The van der Waals surface area contributed by atoms with Crippen molar-refractivity contribution in [3.8, 4) is 0 Å². The van der Waals surface area contributed by atoms with Crippen molar-refractivity contribution in [3.63, 3.8) is 0 Å². The Labute approximate surface area is 314 Å². The molecule has 4 atom stereocenters. The minimum Gasteiger partial charge on any atom is -0.445 e. The number of benzene rings is 1. The second-order valence-electron chi connectivity index (χ2n) is 16.5. The van der Waals surface area contributed by atoms with Crippen LogP contribution in [0.15, 0.2) is 30.3 Å². The molecule has 2 heterocycles. The van der Waals surface area contributed by atoms with Crippen LogP contribution in [0.1, 0.15) is 113 Å². The Hall–Kier alpha value is -3.09. The molecule has 0 bridgehead atoms. The third kappa shape index (κ3) is 16.3. The molecule has 0 radical (unpaired) electrons. The van der Waals surface area contributed by atoms with Crippen LogP contribution >= 0.6 is 0 Å². The minimum atomic E-state index is -0.581. The number of carbonyl (C=O) groups is 3. The molecule has 0 spiro atoms. The fourth-order valence-electron chi connectivity index (χ4n) is 6.64. The van der Waals surface area contributed by atoms with Crippen molar-refractivity contribution in [2.75, 3.05) is 40.5 Å². The van der Waals surface area contributed by atoms with Crippen molar-refractivity contribution < 1.29 is 38.1 Å². The van der Waals surface area contributed by atoms with Crippen molar-refractivity contribution in [1.29, 1.82) is 0 Å². The van der Waals surface area contributed by atoms with Crippen LogP contribution in [0.2, 0.25) is 0 Å². The molecule has 2 saturated heterocycles. The van der Waals surface area contributed by atoms with Gasteiger partial charge in [-0.05, 0) is 99.5 Å². The summed E-state index contributed by atoms with van der Waals surface area (Å²) in [6, 6.07) is 10.5. The molecular formula is C40H70N4O8. The monoisotopic (exact) mass is 735 g/mol. The van der Waals surface area contributed by atoms with E-state index in [2.05, 4.69) is 19.2 Å². The third-order valence-electron chi connectivity index (χ3n) is 8.89. The molecule has 12 heteroatoms. The van der Waals surface area contributed by atoms with Crippen LogP contribution in [0, 0.1) is 0 Å². The Bertz CT molecular complexity index is 1200. The first-order valence-corrected chi connectivity index (χ1v) is 19.1. The predicted octanol–water partition coefficient (Wildman–Crippen LogP) is 7.63. The summed E-state index contributed by atoms with van der Waals surface area (Å²) < 4.78 is 27.2. The molecular weight excluding hydrogens is 664 g/mol. The Morgan fingerprint density at radius 2 is 1.27 bits per heavy atom. The van der Waals surface area contributed by atoms with Gasteiger partial charge in [-0.15, -0.1) is 0 Å². The smallest absolute Gasteiger partial charge is 0.410 e. The number of carbonyl (C=O) groups excluding carboxylic acids is 3. The molecule has 0 unspecified atom stereocenters. The van der Waals surface area contributed by atoms with Crippen LogP contribution in [0.3, 0.4) is 0 Å². The van der Waals surface area contributed by atoms with Gasteiger partial charge in [-0.2, -0.15) is 0 Å². The van der Waals surface area contributed by atoms with Crippen LogP contribution in [0.4, 0.5) is 14.4 Å². The lowest BCUT2D eigenvalue weighted by atomic mass is 9.95. The third-order valence-corrected chi connectivity index (χ3v) is 8.89. The van der Waals surface area contributed by atoms with Gasteiger partial charge in [0.2, 0.25) is 0 Å². The predicted molar refractivity (Wildman–Crippen MR) is 204 cm³/mol. The maximum absolute atomic E-state index is 13.0. The van der Waals surface area contributed by atoms with Crippen molar-refractivity contribution in [2.45, 2.75) is 162 Å². The molecule has 0 saturated carbocycles. The lowest BCUT2D eigenvalue weighted by molar-refractivity contribution is -0.0139. The highest BCUT2D eigenvalue weighted by Gasteiger charge is 2.39. The van der Waals surface area contributed by atoms with Gasteiger partial charge in [-0.3, -0.25) is 0 Å². The van der Waals surface area contributed by atoms with Gasteiger partial charge < -0.3 is 43.7 Å². The minimum absolute atomic E-state index is 0.0281. The zero-order valence-corrected chi connectivity index (χ0v) is 34.2. The van der Waals surface area contributed by atoms with Gasteiger partial charge in [0.15, 0.2) is 0 Å². The summed E-state index contributed by atoms with van der Waals surface area (Å²) in [6.07, 6.45) is 4.35. The van der Waals surface area contributed by atoms with E-state index >= 15 is 0 Å². The SMILES string of the molecule is COCC[C@H]1CC[C@@H](N(C(=O)OCc2ccccc2)C(C)C)CN1C(=O)OC(C)(C)C.COCC[C@H]1CC[C@@H](NC(C)C)CN1C(=O)OC(C)(C)C. The molecule has 0 aromatic heterocycles. The molecule has 3 amide bonds. The van der Waals surface area contributed by atoms with Gasteiger partial charge in [0, 0.05) is 70.7 Å². The molecule has 298 valence electrons. The first-order chi connectivity index (χ1) is 24.3. The van der Waals surface area contributed by atoms with Crippen LogP contribution in [0.5, 0.6) is 0 Å². The number of ether oxygens (including phenoxy) is 5. The van der Waals surface area contributed by atoms with E-state index in [1.165, 1.54) is 0 Å². The summed E-state index contributed by atoms with van der Waals surface area (Å²) in [7, 11) is 3.36. The van der Waals surface area contributed by atoms with Gasteiger partial charge in [0.25, 0.3) is 0 Å². The lowest BCUT2D eigenvalue weighted by Crippen LogP contribution is -2.57. The number of nitrogens with one attached hydrogen (secondary N) is 1. The van der Waals surface area contributed by atoms with E-state index in [1.54, 1.807) is 24.0 Å². The second-order valence-corrected chi connectivity index (χ2v) is 16.5. The summed E-state index contributed by atoms with van der Waals surface area (Å²) >= 11 is 0. The van der Waals surface area contributed by atoms with Crippen LogP contribution < -0.4 is 5.32 Å². The zero-order valence-electron chi connectivity index (χ0n) is 34.2. The van der Waals surface area contributed by atoms with Gasteiger partial charge in [0.1, 0.15) is 17.8 Å². The molecule has 1 aromatic rings. The number of piperidine rings is 2. The first-order valence-electron chi connectivity index (χ1n) is 19.1.